The molecule has 1 aliphatic heterocycles. The van der Waals surface area contributed by atoms with Crippen molar-refractivity contribution in [3.05, 3.63) is 35.6 Å². The van der Waals surface area contributed by atoms with Crippen molar-refractivity contribution in [2.45, 2.75) is 18.9 Å². The molecule has 1 aromatic rings. The normalized spacial score (nSPS) is 20.1. The molecule has 2 rings (SSSR count). The van der Waals surface area contributed by atoms with E-state index in [4.69, 9.17) is 5.11 Å². The summed E-state index contributed by atoms with van der Waals surface area (Å²) < 4.78 is 13.4. The van der Waals surface area contributed by atoms with Gasteiger partial charge in [-0.3, -0.25) is 4.79 Å². The molecular weight excluding hydrogens is 209 g/mol. The third kappa shape index (κ3) is 1.93. The molecular formula is C12H14FNO2. The van der Waals surface area contributed by atoms with Gasteiger partial charge in [-0.25, -0.2) is 4.39 Å². The highest BCUT2D eigenvalue weighted by molar-refractivity contribution is 5.94. The van der Waals surface area contributed by atoms with Gasteiger partial charge in [-0.1, -0.05) is 12.1 Å². The SMILES string of the molecule is O=C(c1ccccc1F)N1CCCC1CO. The number of benzene rings is 1. The van der Waals surface area contributed by atoms with Gasteiger partial charge in [0, 0.05) is 6.54 Å². The van der Waals surface area contributed by atoms with Crippen LogP contribution in [0.25, 0.3) is 0 Å². The molecule has 3 nitrogen and oxygen atoms in total. The Hall–Kier alpha value is -1.42. The van der Waals surface area contributed by atoms with E-state index in [0.717, 1.165) is 12.8 Å². The smallest absolute Gasteiger partial charge is 0.257 e. The number of amides is 1. The number of aliphatic hydroxyl groups is 1. The maximum atomic E-state index is 13.4. The monoisotopic (exact) mass is 223 g/mol. The van der Waals surface area contributed by atoms with E-state index >= 15 is 0 Å². The summed E-state index contributed by atoms with van der Waals surface area (Å²) in [4.78, 5) is 13.6. The number of carbonyl (C=O) groups excluding carboxylic acids is 1. The maximum Gasteiger partial charge on any atom is 0.257 e. The number of carbonyl (C=O) groups is 1. The van der Waals surface area contributed by atoms with Crippen LogP contribution in [0.2, 0.25) is 0 Å². The van der Waals surface area contributed by atoms with Crippen LogP contribution in [0.1, 0.15) is 23.2 Å². The number of hydrogen-bond acceptors (Lipinski definition) is 2. The summed E-state index contributed by atoms with van der Waals surface area (Å²) in [6, 6.07) is 5.79. The number of halogens is 1. The molecule has 0 aliphatic carbocycles. The van der Waals surface area contributed by atoms with E-state index in [1.165, 1.54) is 12.1 Å². The van der Waals surface area contributed by atoms with E-state index in [0.29, 0.717) is 6.54 Å². The minimum absolute atomic E-state index is 0.0554. The predicted molar refractivity (Wildman–Crippen MR) is 57.5 cm³/mol. The third-order valence-corrected chi connectivity index (χ3v) is 2.95. The molecule has 1 amide bonds. The van der Waals surface area contributed by atoms with E-state index < -0.39 is 5.82 Å². The topological polar surface area (TPSA) is 40.5 Å². The van der Waals surface area contributed by atoms with Gasteiger partial charge in [-0.05, 0) is 25.0 Å². The summed E-state index contributed by atoms with van der Waals surface area (Å²) in [6.45, 7) is 0.540. The standard InChI is InChI=1S/C12H14FNO2/c13-11-6-2-1-5-10(11)12(16)14-7-3-4-9(14)8-15/h1-2,5-6,9,15H,3-4,7-8H2. The fourth-order valence-corrected chi connectivity index (χ4v) is 2.08. The van der Waals surface area contributed by atoms with E-state index in [1.54, 1.807) is 17.0 Å². The first-order chi connectivity index (χ1) is 7.74. The molecule has 0 bridgehead atoms. The lowest BCUT2D eigenvalue weighted by Crippen LogP contribution is -2.38. The fraction of sp³-hybridized carbons (Fsp3) is 0.417. The summed E-state index contributed by atoms with van der Waals surface area (Å²) >= 11 is 0. The molecule has 1 N–H and O–H groups in total. The van der Waals surface area contributed by atoms with Gasteiger partial charge in [0.2, 0.25) is 0 Å². The Balaban J connectivity index is 2.22. The van der Waals surface area contributed by atoms with Crippen LogP contribution >= 0.6 is 0 Å². The van der Waals surface area contributed by atoms with Crippen LogP contribution in [0.4, 0.5) is 4.39 Å². The van der Waals surface area contributed by atoms with E-state index in [2.05, 4.69) is 0 Å². The van der Waals surface area contributed by atoms with E-state index in [-0.39, 0.29) is 24.1 Å². The Morgan fingerprint density at radius 1 is 1.50 bits per heavy atom. The van der Waals surface area contributed by atoms with Gasteiger partial charge in [0.05, 0.1) is 18.2 Å². The average molecular weight is 223 g/mol. The Kier molecular flexibility index (Phi) is 3.19. The van der Waals surface area contributed by atoms with E-state index in [1.807, 2.05) is 0 Å². The Morgan fingerprint density at radius 3 is 2.94 bits per heavy atom. The number of rotatable bonds is 2. The number of aliphatic hydroxyl groups excluding tert-OH is 1. The van der Waals surface area contributed by atoms with Gasteiger partial charge in [0.25, 0.3) is 5.91 Å². The summed E-state index contributed by atoms with van der Waals surface area (Å²) in [5, 5.41) is 9.11. The predicted octanol–water partition coefficient (Wildman–Crippen LogP) is 1.42. The van der Waals surface area contributed by atoms with Gasteiger partial charge in [0.15, 0.2) is 0 Å². The highest BCUT2D eigenvalue weighted by Crippen LogP contribution is 2.20. The van der Waals surface area contributed by atoms with Gasteiger partial charge >= 0.3 is 0 Å². The molecule has 16 heavy (non-hydrogen) atoms. The lowest BCUT2D eigenvalue weighted by molar-refractivity contribution is 0.0673. The van der Waals surface area contributed by atoms with Crippen molar-refractivity contribution in [3.63, 3.8) is 0 Å². The van der Waals surface area contributed by atoms with Crippen molar-refractivity contribution in [2.75, 3.05) is 13.2 Å². The highest BCUT2D eigenvalue weighted by Gasteiger charge is 2.29. The lowest BCUT2D eigenvalue weighted by Gasteiger charge is -2.23. The zero-order valence-corrected chi connectivity index (χ0v) is 8.90. The summed E-state index contributed by atoms with van der Waals surface area (Å²) in [5.74, 6) is -0.828. The van der Waals surface area contributed by atoms with Gasteiger partial charge in [0.1, 0.15) is 5.82 Å². The van der Waals surface area contributed by atoms with Crippen molar-refractivity contribution in [1.82, 2.24) is 4.90 Å². The zero-order chi connectivity index (χ0) is 11.5. The third-order valence-electron chi connectivity index (χ3n) is 2.95. The summed E-state index contributed by atoms with van der Waals surface area (Å²) in [7, 11) is 0. The van der Waals surface area contributed by atoms with Crippen LogP contribution in [0, 0.1) is 5.82 Å². The average Bonchev–Trinajstić information content (AvgIpc) is 2.77. The Labute approximate surface area is 93.5 Å². The number of likely N-dealkylation sites (tertiary alicyclic amines) is 1. The van der Waals surface area contributed by atoms with Crippen LogP contribution < -0.4 is 0 Å². The molecule has 0 saturated carbocycles. The molecule has 1 saturated heterocycles. The molecule has 0 radical (unpaired) electrons. The lowest BCUT2D eigenvalue weighted by atomic mass is 10.1. The van der Waals surface area contributed by atoms with Crippen molar-refractivity contribution < 1.29 is 14.3 Å². The molecule has 1 aromatic carbocycles. The molecule has 1 atom stereocenters. The molecule has 1 fully saturated rings. The first-order valence-corrected chi connectivity index (χ1v) is 5.40. The van der Waals surface area contributed by atoms with Gasteiger partial charge in [-0.2, -0.15) is 0 Å². The minimum atomic E-state index is -0.504. The van der Waals surface area contributed by atoms with Crippen LogP contribution in [-0.2, 0) is 0 Å². The second-order valence-electron chi connectivity index (χ2n) is 3.96. The number of nitrogens with zero attached hydrogens (tertiary/aromatic N) is 1. The maximum absolute atomic E-state index is 13.4. The summed E-state index contributed by atoms with van der Waals surface area (Å²) in [5.41, 5.74) is 0.0860. The van der Waals surface area contributed by atoms with Crippen LogP contribution in [0.15, 0.2) is 24.3 Å². The second-order valence-corrected chi connectivity index (χ2v) is 3.96. The first-order valence-electron chi connectivity index (χ1n) is 5.40. The highest BCUT2D eigenvalue weighted by atomic mass is 19.1. The number of hydrogen-bond donors (Lipinski definition) is 1. The molecule has 1 heterocycles. The molecule has 0 spiro atoms. The van der Waals surface area contributed by atoms with Crippen molar-refractivity contribution in [3.8, 4) is 0 Å². The Bertz CT molecular complexity index is 394. The molecule has 4 heteroatoms. The molecule has 1 aliphatic rings. The Morgan fingerprint density at radius 2 is 2.25 bits per heavy atom. The van der Waals surface area contributed by atoms with Gasteiger partial charge in [-0.15, -0.1) is 0 Å². The molecule has 86 valence electrons. The van der Waals surface area contributed by atoms with E-state index in [9.17, 15) is 9.18 Å². The molecule has 1 unspecified atom stereocenters. The van der Waals surface area contributed by atoms with Crippen LogP contribution in [-0.4, -0.2) is 35.1 Å². The van der Waals surface area contributed by atoms with Crippen LogP contribution in [0.3, 0.4) is 0 Å². The van der Waals surface area contributed by atoms with Crippen LogP contribution in [0.5, 0.6) is 0 Å². The zero-order valence-electron chi connectivity index (χ0n) is 8.90. The van der Waals surface area contributed by atoms with Crippen molar-refractivity contribution in [1.29, 1.82) is 0 Å². The van der Waals surface area contributed by atoms with Crippen molar-refractivity contribution >= 4 is 5.91 Å². The summed E-state index contributed by atoms with van der Waals surface area (Å²) in [6.07, 6.45) is 1.65. The van der Waals surface area contributed by atoms with Crippen molar-refractivity contribution in [2.24, 2.45) is 0 Å². The van der Waals surface area contributed by atoms with Gasteiger partial charge < -0.3 is 10.0 Å². The quantitative estimate of drug-likeness (QED) is 0.823. The largest absolute Gasteiger partial charge is 0.394 e. The first kappa shape index (κ1) is 11.1. The second kappa shape index (κ2) is 4.61. The molecule has 0 aromatic heterocycles. The fourth-order valence-electron chi connectivity index (χ4n) is 2.08. The minimum Gasteiger partial charge on any atom is -0.394 e.